The van der Waals surface area contributed by atoms with Crippen molar-refractivity contribution in [1.29, 1.82) is 0 Å². The van der Waals surface area contributed by atoms with Gasteiger partial charge in [0.1, 0.15) is 0 Å². The van der Waals surface area contributed by atoms with Gasteiger partial charge in [-0.3, -0.25) is 0 Å². The molecule has 0 bridgehead atoms. The summed E-state index contributed by atoms with van der Waals surface area (Å²) in [5, 5.41) is 9.02. The molecular formula is C15H20O2. The van der Waals surface area contributed by atoms with E-state index in [2.05, 4.69) is 24.3 Å². The first-order valence-corrected chi connectivity index (χ1v) is 6.56. The molecule has 1 aromatic rings. The SMILES string of the molecule is OCC1CC2(C1)CC(OCc1ccccc1)C2. The molecule has 1 spiro atoms. The normalized spacial score (nSPS) is 35.4. The Balaban J connectivity index is 1.40. The van der Waals surface area contributed by atoms with E-state index in [1.165, 1.54) is 31.2 Å². The molecule has 1 N–H and O–H groups in total. The minimum atomic E-state index is 0.372. The molecule has 2 aliphatic rings. The Morgan fingerprint density at radius 3 is 2.47 bits per heavy atom. The predicted molar refractivity (Wildman–Crippen MR) is 66.5 cm³/mol. The lowest BCUT2D eigenvalue weighted by Crippen LogP contribution is -2.51. The average Bonchev–Trinajstić information content (AvgIpc) is 2.26. The number of ether oxygens (including phenoxy) is 1. The average molecular weight is 232 g/mol. The molecular weight excluding hydrogens is 212 g/mol. The van der Waals surface area contributed by atoms with E-state index in [9.17, 15) is 0 Å². The molecule has 2 fully saturated rings. The summed E-state index contributed by atoms with van der Waals surface area (Å²) >= 11 is 0. The number of benzene rings is 1. The van der Waals surface area contributed by atoms with Gasteiger partial charge < -0.3 is 9.84 Å². The minimum Gasteiger partial charge on any atom is -0.396 e. The van der Waals surface area contributed by atoms with Gasteiger partial charge in [-0.15, -0.1) is 0 Å². The standard InChI is InChI=1S/C15H20O2/c16-10-13-6-15(7-13)8-14(9-15)17-11-12-4-2-1-3-5-12/h1-5,13-14,16H,6-11H2. The van der Waals surface area contributed by atoms with Gasteiger partial charge in [0.15, 0.2) is 0 Å². The van der Waals surface area contributed by atoms with E-state index >= 15 is 0 Å². The van der Waals surface area contributed by atoms with Crippen molar-refractivity contribution in [3.8, 4) is 0 Å². The van der Waals surface area contributed by atoms with Crippen LogP contribution >= 0.6 is 0 Å². The first-order chi connectivity index (χ1) is 8.30. The lowest BCUT2D eigenvalue weighted by Gasteiger charge is -2.57. The third-order valence-electron chi connectivity index (χ3n) is 4.35. The van der Waals surface area contributed by atoms with Crippen molar-refractivity contribution >= 4 is 0 Å². The fourth-order valence-electron chi connectivity index (χ4n) is 3.44. The van der Waals surface area contributed by atoms with Gasteiger partial charge in [0.05, 0.1) is 12.7 Å². The third kappa shape index (κ3) is 2.24. The first kappa shape index (κ1) is 11.2. The zero-order valence-electron chi connectivity index (χ0n) is 10.1. The largest absolute Gasteiger partial charge is 0.396 e. The maximum Gasteiger partial charge on any atom is 0.0720 e. The molecule has 17 heavy (non-hydrogen) atoms. The Kier molecular flexibility index (Phi) is 2.93. The van der Waals surface area contributed by atoms with E-state index < -0.39 is 0 Å². The second-order valence-electron chi connectivity index (χ2n) is 5.78. The zero-order chi connectivity index (χ0) is 11.7. The van der Waals surface area contributed by atoms with Crippen molar-refractivity contribution in [1.82, 2.24) is 0 Å². The summed E-state index contributed by atoms with van der Waals surface area (Å²) in [5.41, 5.74) is 1.81. The summed E-state index contributed by atoms with van der Waals surface area (Å²) in [6, 6.07) is 10.4. The van der Waals surface area contributed by atoms with Crippen LogP contribution in [0.4, 0.5) is 0 Å². The zero-order valence-corrected chi connectivity index (χ0v) is 10.1. The smallest absolute Gasteiger partial charge is 0.0720 e. The van der Waals surface area contributed by atoms with Gasteiger partial charge in [-0.2, -0.15) is 0 Å². The lowest BCUT2D eigenvalue weighted by molar-refractivity contribution is -0.149. The number of aliphatic hydroxyl groups excluding tert-OH is 1. The van der Waals surface area contributed by atoms with Gasteiger partial charge in [-0.05, 0) is 42.6 Å². The fourth-order valence-corrected chi connectivity index (χ4v) is 3.44. The van der Waals surface area contributed by atoms with Crippen molar-refractivity contribution in [2.75, 3.05) is 6.61 Å². The van der Waals surface area contributed by atoms with Crippen LogP contribution in [0, 0.1) is 11.3 Å². The van der Waals surface area contributed by atoms with Gasteiger partial charge >= 0.3 is 0 Å². The van der Waals surface area contributed by atoms with Crippen molar-refractivity contribution in [2.45, 2.75) is 38.4 Å². The van der Waals surface area contributed by atoms with E-state index in [-0.39, 0.29) is 0 Å². The molecule has 0 atom stereocenters. The Morgan fingerprint density at radius 2 is 1.82 bits per heavy atom. The molecule has 2 aliphatic carbocycles. The highest BCUT2D eigenvalue weighted by atomic mass is 16.5. The van der Waals surface area contributed by atoms with Crippen molar-refractivity contribution in [2.24, 2.45) is 11.3 Å². The Bertz CT molecular complexity index is 360. The summed E-state index contributed by atoms with van der Waals surface area (Å²) in [7, 11) is 0. The highest BCUT2D eigenvalue weighted by Gasteiger charge is 2.52. The highest BCUT2D eigenvalue weighted by molar-refractivity contribution is 5.13. The van der Waals surface area contributed by atoms with Crippen LogP contribution in [-0.4, -0.2) is 17.8 Å². The second-order valence-corrected chi connectivity index (χ2v) is 5.78. The van der Waals surface area contributed by atoms with Gasteiger partial charge in [0.2, 0.25) is 0 Å². The molecule has 0 aliphatic heterocycles. The highest BCUT2D eigenvalue weighted by Crippen LogP contribution is 2.59. The van der Waals surface area contributed by atoms with Crippen LogP contribution < -0.4 is 0 Å². The number of aliphatic hydroxyl groups is 1. The predicted octanol–water partition coefficient (Wildman–Crippen LogP) is 2.75. The minimum absolute atomic E-state index is 0.372. The van der Waals surface area contributed by atoms with E-state index in [4.69, 9.17) is 9.84 Å². The van der Waals surface area contributed by atoms with Crippen molar-refractivity contribution < 1.29 is 9.84 Å². The Hall–Kier alpha value is -0.860. The van der Waals surface area contributed by atoms with Crippen LogP contribution in [0.5, 0.6) is 0 Å². The van der Waals surface area contributed by atoms with Crippen LogP contribution in [0.3, 0.4) is 0 Å². The molecule has 0 heterocycles. The molecule has 0 radical (unpaired) electrons. The molecule has 92 valence electrons. The van der Waals surface area contributed by atoms with E-state index in [0.717, 1.165) is 6.61 Å². The Labute approximate surface area is 103 Å². The number of hydrogen-bond donors (Lipinski definition) is 1. The maximum atomic E-state index is 9.02. The van der Waals surface area contributed by atoms with E-state index in [1.54, 1.807) is 0 Å². The van der Waals surface area contributed by atoms with E-state index in [1.807, 2.05) is 6.07 Å². The van der Waals surface area contributed by atoms with Crippen LogP contribution in [0.2, 0.25) is 0 Å². The van der Waals surface area contributed by atoms with Crippen molar-refractivity contribution in [3.05, 3.63) is 35.9 Å². The topological polar surface area (TPSA) is 29.5 Å². The molecule has 3 rings (SSSR count). The monoisotopic (exact) mass is 232 g/mol. The maximum absolute atomic E-state index is 9.02. The first-order valence-electron chi connectivity index (χ1n) is 6.56. The molecule has 2 saturated carbocycles. The van der Waals surface area contributed by atoms with Crippen LogP contribution in [0.1, 0.15) is 31.2 Å². The summed E-state index contributed by atoms with van der Waals surface area (Å²) in [5.74, 6) is 0.574. The van der Waals surface area contributed by atoms with Gasteiger partial charge in [-0.25, -0.2) is 0 Å². The third-order valence-corrected chi connectivity index (χ3v) is 4.35. The van der Waals surface area contributed by atoms with Crippen LogP contribution in [-0.2, 0) is 11.3 Å². The quantitative estimate of drug-likeness (QED) is 0.865. The molecule has 1 aromatic carbocycles. The Morgan fingerprint density at radius 1 is 1.12 bits per heavy atom. The summed E-state index contributed by atoms with van der Waals surface area (Å²) in [6.07, 6.45) is 5.30. The summed E-state index contributed by atoms with van der Waals surface area (Å²) in [4.78, 5) is 0. The fraction of sp³-hybridized carbons (Fsp3) is 0.600. The van der Waals surface area contributed by atoms with E-state index in [0.29, 0.717) is 24.0 Å². The van der Waals surface area contributed by atoms with Crippen LogP contribution in [0.15, 0.2) is 30.3 Å². The van der Waals surface area contributed by atoms with Gasteiger partial charge in [-0.1, -0.05) is 30.3 Å². The lowest BCUT2D eigenvalue weighted by atomic mass is 9.51. The molecule has 0 saturated heterocycles. The molecule has 2 heteroatoms. The molecule has 2 nitrogen and oxygen atoms in total. The second kappa shape index (κ2) is 4.43. The van der Waals surface area contributed by atoms with Gasteiger partial charge in [0, 0.05) is 6.61 Å². The molecule has 0 aromatic heterocycles. The van der Waals surface area contributed by atoms with Gasteiger partial charge in [0.25, 0.3) is 0 Å². The summed E-state index contributed by atoms with van der Waals surface area (Å²) in [6.45, 7) is 1.11. The molecule has 0 unspecified atom stereocenters. The summed E-state index contributed by atoms with van der Waals surface area (Å²) < 4.78 is 5.90. The van der Waals surface area contributed by atoms with Crippen LogP contribution in [0.25, 0.3) is 0 Å². The van der Waals surface area contributed by atoms with Crippen molar-refractivity contribution in [3.63, 3.8) is 0 Å². The number of hydrogen-bond acceptors (Lipinski definition) is 2. The molecule has 0 amide bonds. The number of rotatable bonds is 4.